The predicted octanol–water partition coefficient (Wildman–Crippen LogP) is 4.66. The maximum Gasteiger partial charge on any atom is 0.301 e. The molecular formula is C23H19ClN2O5. The summed E-state index contributed by atoms with van der Waals surface area (Å²) in [4.78, 5) is 27.2. The van der Waals surface area contributed by atoms with Crippen LogP contribution >= 0.6 is 11.6 Å². The van der Waals surface area contributed by atoms with Crippen LogP contribution in [0, 0.1) is 6.92 Å². The molecule has 7 nitrogen and oxygen atoms in total. The molecule has 1 N–H and O–H groups in total. The van der Waals surface area contributed by atoms with Gasteiger partial charge in [0.25, 0.3) is 5.78 Å². The number of ether oxygens (including phenoxy) is 1. The number of aromatic nitrogens is 1. The van der Waals surface area contributed by atoms with Crippen molar-refractivity contribution >= 4 is 34.9 Å². The number of benzene rings is 2. The molecule has 0 spiro atoms. The molecule has 0 saturated carbocycles. The third-order valence-electron chi connectivity index (χ3n) is 4.91. The number of carbonyl (C=O) groups is 2. The van der Waals surface area contributed by atoms with E-state index in [0.29, 0.717) is 34.3 Å². The van der Waals surface area contributed by atoms with Gasteiger partial charge in [-0.05, 0) is 55.8 Å². The molecule has 1 amide bonds. The fourth-order valence-electron chi connectivity index (χ4n) is 3.56. The van der Waals surface area contributed by atoms with Crippen LogP contribution in [0.2, 0.25) is 5.02 Å². The van der Waals surface area contributed by atoms with Gasteiger partial charge in [0.15, 0.2) is 5.82 Å². The molecule has 1 saturated heterocycles. The SMILES string of the molecule is CCOc1ccc(/C(O)=C2\C(=O)C(=O)N(c3cc(C)on3)[C@H]2c2cccc(Cl)c2)cc1. The van der Waals surface area contributed by atoms with Crippen LogP contribution in [-0.4, -0.2) is 28.6 Å². The second-order valence-electron chi connectivity index (χ2n) is 6.98. The summed E-state index contributed by atoms with van der Waals surface area (Å²) in [6, 6.07) is 14.0. The smallest absolute Gasteiger partial charge is 0.301 e. The van der Waals surface area contributed by atoms with Gasteiger partial charge in [-0.15, -0.1) is 0 Å². The second kappa shape index (κ2) is 8.28. The van der Waals surface area contributed by atoms with Crippen LogP contribution < -0.4 is 9.64 Å². The number of halogens is 1. The summed E-state index contributed by atoms with van der Waals surface area (Å²) in [7, 11) is 0. The number of carbonyl (C=O) groups excluding carboxylic acids is 2. The Balaban J connectivity index is 1.89. The zero-order valence-electron chi connectivity index (χ0n) is 16.8. The van der Waals surface area contributed by atoms with Crippen LogP contribution in [0.1, 0.15) is 29.9 Å². The highest BCUT2D eigenvalue weighted by atomic mass is 35.5. The van der Waals surface area contributed by atoms with Gasteiger partial charge >= 0.3 is 5.91 Å². The van der Waals surface area contributed by atoms with E-state index in [1.54, 1.807) is 61.5 Å². The number of hydrogen-bond acceptors (Lipinski definition) is 6. The summed E-state index contributed by atoms with van der Waals surface area (Å²) in [5, 5.41) is 15.4. The van der Waals surface area contributed by atoms with Gasteiger partial charge in [0.2, 0.25) is 0 Å². The first kappa shape index (κ1) is 20.7. The summed E-state index contributed by atoms with van der Waals surface area (Å²) in [6.07, 6.45) is 0. The Morgan fingerprint density at radius 2 is 1.94 bits per heavy atom. The Morgan fingerprint density at radius 3 is 2.55 bits per heavy atom. The largest absolute Gasteiger partial charge is 0.507 e. The number of hydrogen-bond donors (Lipinski definition) is 1. The van der Waals surface area contributed by atoms with Crippen molar-refractivity contribution in [3.05, 3.63) is 82.1 Å². The zero-order valence-corrected chi connectivity index (χ0v) is 17.6. The first-order valence-corrected chi connectivity index (χ1v) is 10.0. The number of amides is 1. The van der Waals surface area contributed by atoms with Crippen molar-refractivity contribution < 1.29 is 24.0 Å². The van der Waals surface area contributed by atoms with Gasteiger partial charge in [-0.25, -0.2) is 0 Å². The molecule has 158 valence electrons. The maximum atomic E-state index is 13.0. The molecule has 1 fully saturated rings. The zero-order chi connectivity index (χ0) is 22.1. The van der Waals surface area contributed by atoms with Gasteiger partial charge in [0, 0.05) is 16.7 Å². The number of ketones is 1. The maximum absolute atomic E-state index is 13.0. The Morgan fingerprint density at radius 1 is 1.19 bits per heavy atom. The van der Waals surface area contributed by atoms with Crippen molar-refractivity contribution in [2.45, 2.75) is 19.9 Å². The average molecular weight is 439 g/mol. The average Bonchev–Trinajstić information content (AvgIpc) is 3.29. The molecule has 1 aromatic heterocycles. The van der Waals surface area contributed by atoms with Crippen LogP contribution in [-0.2, 0) is 9.59 Å². The molecule has 0 unspecified atom stereocenters. The Hall–Kier alpha value is -3.58. The van der Waals surface area contributed by atoms with E-state index < -0.39 is 17.7 Å². The van der Waals surface area contributed by atoms with Gasteiger partial charge in [0.1, 0.15) is 17.3 Å². The lowest BCUT2D eigenvalue weighted by Gasteiger charge is -2.23. The molecule has 1 aliphatic rings. The predicted molar refractivity (Wildman–Crippen MR) is 115 cm³/mol. The highest BCUT2D eigenvalue weighted by Gasteiger charge is 2.48. The Labute approximate surface area is 183 Å². The van der Waals surface area contributed by atoms with Crippen LogP contribution in [0.5, 0.6) is 5.75 Å². The number of anilines is 1. The number of aliphatic hydroxyl groups excluding tert-OH is 1. The van der Waals surface area contributed by atoms with Crippen molar-refractivity contribution in [3.8, 4) is 5.75 Å². The van der Waals surface area contributed by atoms with E-state index in [9.17, 15) is 14.7 Å². The minimum atomic E-state index is -0.922. The van der Waals surface area contributed by atoms with Crippen LogP contribution in [0.15, 0.2) is 64.7 Å². The number of Topliss-reactive ketones (excluding diaryl/α,β-unsaturated/α-hetero) is 1. The van der Waals surface area contributed by atoms with Crippen LogP contribution in [0.3, 0.4) is 0 Å². The number of aliphatic hydroxyl groups is 1. The fourth-order valence-corrected chi connectivity index (χ4v) is 3.76. The summed E-state index contributed by atoms with van der Waals surface area (Å²) in [5.41, 5.74) is 0.877. The Kier molecular flexibility index (Phi) is 5.52. The minimum absolute atomic E-state index is 0.0583. The fraction of sp³-hybridized carbons (Fsp3) is 0.174. The first-order valence-electron chi connectivity index (χ1n) is 9.63. The van der Waals surface area contributed by atoms with Crippen molar-refractivity contribution in [1.82, 2.24) is 5.16 Å². The normalized spacial score (nSPS) is 17.9. The van der Waals surface area contributed by atoms with Gasteiger partial charge in [0.05, 0.1) is 18.2 Å². The third kappa shape index (κ3) is 3.80. The number of nitrogens with zero attached hydrogens (tertiary/aromatic N) is 2. The van der Waals surface area contributed by atoms with Crippen molar-refractivity contribution in [1.29, 1.82) is 0 Å². The monoisotopic (exact) mass is 438 g/mol. The lowest BCUT2D eigenvalue weighted by Crippen LogP contribution is -2.29. The second-order valence-corrected chi connectivity index (χ2v) is 7.41. The van der Waals surface area contributed by atoms with E-state index in [4.69, 9.17) is 20.9 Å². The summed E-state index contributed by atoms with van der Waals surface area (Å²) in [5.74, 6) is -0.649. The van der Waals surface area contributed by atoms with Gasteiger partial charge in [-0.2, -0.15) is 0 Å². The van der Waals surface area contributed by atoms with E-state index in [2.05, 4.69) is 5.16 Å². The van der Waals surface area contributed by atoms with E-state index in [1.807, 2.05) is 6.92 Å². The Bertz CT molecular complexity index is 1180. The van der Waals surface area contributed by atoms with Crippen molar-refractivity contribution in [3.63, 3.8) is 0 Å². The van der Waals surface area contributed by atoms with Gasteiger partial charge < -0.3 is 14.4 Å². The quantitative estimate of drug-likeness (QED) is 0.354. The molecule has 2 aromatic carbocycles. The van der Waals surface area contributed by atoms with Crippen LogP contribution in [0.4, 0.5) is 5.82 Å². The summed E-state index contributed by atoms with van der Waals surface area (Å²) in [6.45, 7) is 4.05. The molecule has 0 radical (unpaired) electrons. The topological polar surface area (TPSA) is 92.9 Å². The molecule has 1 aliphatic heterocycles. The van der Waals surface area contributed by atoms with E-state index in [0.717, 1.165) is 0 Å². The molecule has 4 rings (SSSR count). The lowest BCUT2D eigenvalue weighted by molar-refractivity contribution is -0.132. The molecule has 0 aliphatic carbocycles. The molecule has 1 atom stereocenters. The molecule has 31 heavy (non-hydrogen) atoms. The molecule has 3 aromatic rings. The van der Waals surface area contributed by atoms with Crippen molar-refractivity contribution in [2.75, 3.05) is 11.5 Å². The number of rotatable bonds is 5. The highest BCUT2D eigenvalue weighted by molar-refractivity contribution is 6.51. The summed E-state index contributed by atoms with van der Waals surface area (Å²) < 4.78 is 10.5. The van der Waals surface area contributed by atoms with E-state index in [-0.39, 0.29) is 17.2 Å². The van der Waals surface area contributed by atoms with Crippen molar-refractivity contribution in [2.24, 2.45) is 0 Å². The van der Waals surface area contributed by atoms with E-state index >= 15 is 0 Å². The minimum Gasteiger partial charge on any atom is -0.507 e. The van der Waals surface area contributed by atoms with E-state index in [1.165, 1.54) is 4.90 Å². The van der Waals surface area contributed by atoms with Gasteiger partial charge in [-0.1, -0.05) is 28.9 Å². The summed E-state index contributed by atoms with van der Waals surface area (Å²) >= 11 is 6.17. The standard InChI is InChI=1S/C23H19ClN2O5/c1-3-30-17-9-7-14(8-10-17)21(27)19-20(15-5-4-6-16(24)12-15)26(23(29)22(19)28)18-11-13(2)31-25-18/h4-12,20,27H,3H2,1-2H3/b21-19+/t20-/m0/s1. The molecule has 8 heteroatoms. The number of aryl methyl sites for hydroxylation is 1. The molecular weight excluding hydrogens is 420 g/mol. The lowest BCUT2D eigenvalue weighted by atomic mass is 9.95. The highest BCUT2D eigenvalue weighted by Crippen LogP contribution is 2.42. The van der Waals surface area contributed by atoms with Gasteiger partial charge in [-0.3, -0.25) is 14.5 Å². The first-order chi connectivity index (χ1) is 14.9. The molecule has 0 bridgehead atoms. The third-order valence-corrected chi connectivity index (χ3v) is 5.15. The molecule has 2 heterocycles. The van der Waals surface area contributed by atoms with Crippen LogP contribution in [0.25, 0.3) is 5.76 Å².